The summed E-state index contributed by atoms with van der Waals surface area (Å²) in [6.07, 6.45) is 1.61. The minimum absolute atomic E-state index is 0.147. The van der Waals surface area contributed by atoms with E-state index in [1.54, 1.807) is 6.08 Å². The molecule has 0 radical (unpaired) electrons. The molecule has 4 nitrogen and oxygen atoms in total. The predicted molar refractivity (Wildman–Crippen MR) is 85.8 cm³/mol. The first-order valence-corrected chi connectivity index (χ1v) is 6.95. The highest BCUT2D eigenvalue weighted by molar-refractivity contribution is 6.08. The first kappa shape index (κ1) is 13.4. The van der Waals surface area contributed by atoms with Crippen molar-refractivity contribution in [3.05, 3.63) is 63.8 Å². The van der Waals surface area contributed by atoms with E-state index in [2.05, 4.69) is 23.6 Å². The number of para-hydroxylation sites is 1. The molecule has 4 heteroatoms. The molecule has 0 fully saturated rings. The van der Waals surface area contributed by atoms with Gasteiger partial charge in [-0.2, -0.15) is 0 Å². The van der Waals surface area contributed by atoms with Crippen molar-refractivity contribution < 1.29 is 4.92 Å². The molecule has 2 aromatic carbocycles. The maximum atomic E-state index is 10.8. The average Bonchev–Trinajstić information content (AvgIpc) is 2.80. The topological polar surface area (TPSA) is 48.1 Å². The van der Waals surface area contributed by atoms with Gasteiger partial charge in [0.2, 0.25) is 5.70 Å². The van der Waals surface area contributed by atoms with Crippen molar-refractivity contribution in [1.82, 2.24) is 4.57 Å². The van der Waals surface area contributed by atoms with Crippen molar-refractivity contribution in [2.45, 2.75) is 20.4 Å². The van der Waals surface area contributed by atoms with Crippen molar-refractivity contribution in [2.75, 3.05) is 0 Å². The lowest BCUT2D eigenvalue weighted by Gasteiger charge is -2.02. The zero-order chi connectivity index (χ0) is 15.0. The molecule has 0 amide bonds. The van der Waals surface area contributed by atoms with E-state index < -0.39 is 0 Å². The van der Waals surface area contributed by atoms with Crippen LogP contribution >= 0.6 is 0 Å². The van der Waals surface area contributed by atoms with Crippen LogP contribution in [-0.2, 0) is 6.54 Å². The summed E-state index contributed by atoms with van der Waals surface area (Å²) in [6.45, 7) is 4.53. The Morgan fingerprint density at radius 2 is 1.90 bits per heavy atom. The van der Waals surface area contributed by atoms with E-state index >= 15 is 0 Å². The summed E-state index contributed by atoms with van der Waals surface area (Å²) in [5.41, 5.74) is 3.36. The first-order chi connectivity index (χ1) is 10.1. The standard InChI is InChI=1S/C17H16N2O2/c1-3-18-16-7-5-4-6-14(16)15-11-13(8-9-17(15)18)10-12(2)19(20)21/h4-11H,3H2,1-2H3/b12-10+. The molecule has 0 spiro atoms. The number of aryl methyl sites for hydroxylation is 1. The van der Waals surface area contributed by atoms with Crippen molar-refractivity contribution in [2.24, 2.45) is 0 Å². The number of benzene rings is 2. The highest BCUT2D eigenvalue weighted by Crippen LogP contribution is 2.30. The minimum Gasteiger partial charge on any atom is -0.341 e. The van der Waals surface area contributed by atoms with Crippen LogP contribution < -0.4 is 0 Å². The normalized spacial score (nSPS) is 12.2. The highest BCUT2D eigenvalue weighted by atomic mass is 16.6. The molecule has 0 saturated heterocycles. The molecule has 3 rings (SSSR count). The summed E-state index contributed by atoms with van der Waals surface area (Å²) in [5, 5.41) is 13.1. The summed E-state index contributed by atoms with van der Waals surface area (Å²) < 4.78 is 2.26. The average molecular weight is 280 g/mol. The maximum Gasteiger partial charge on any atom is 0.243 e. The second-order valence-electron chi connectivity index (χ2n) is 5.08. The van der Waals surface area contributed by atoms with E-state index in [0.29, 0.717) is 0 Å². The highest BCUT2D eigenvalue weighted by Gasteiger charge is 2.10. The van der Waals surface area contributed by atoms with E-state index in [1.807, 2.05) is 30.3 Å². The maximum absolute atomic E-state index is 10.8. The van der Waals surface area contributed by atoms with Gasteiger partial charge in [-0.3, -0.25) is 10.1 Å². The van der Waals surface area contributed by atoms with Crippen molar-refractivity contribution in [3.8, 4) is 0 Å². The summed E-state index contributed by atoms with van der Waals surface area (Å²) in [7, 11) is 0. The van der Waals surface area contributed by atoms with Crippen LogP contribution in [0.4, 0.5) is 0 Å². The lowest BCUT2D eigenvalue weighted by atomic mass is 10.1. The number of aromatic nitrogens is 1. The van der Waals surface area contributed by atoms with Gasteiger partial charge < -0.3 is 4.57 Å². The van der Waals surface area contributed by atoms with Gasteiger partial charge in [0.1, 0.15) is 0 Å². The van der Waals surface area contributed by atoms with Crippen LogP contribution in [0.15, 0.2) is 48.2 Å². The zero-order valence-electron chi connectivity index (χ0n) is 12.0. The van der Waals surface area contributed by atoms with E-state index in [4.69, 9.17) is 0 Å². The molecule has 0 saturated carbocycles. The Labute approximate surface area is 122 Å². The van der Waals surface area contributed by atoms with Gasteiger partial charge in [-0.25, -0.2) is 0 Å². The van der Waals surface area contributed by atoms with Crippen LogP contribution in [0.5, 0.6) is 0 Å². The molecule has 0 aliphatic heterocycles. The van der Waals surface area contributed by atoms with Gasteiger partial charge in [-0.05, 0) is 30.7 Å². The smallest absolute Gasteiger partial charge is 0.243 e. The third-order valence-corrected chi connectivity index (χ3v) is 3.78. The van der Waals surface area contributed by atoms with Gasteiger partial charge in [-0.15, -0.1) is 0 Å². The van der Waals surface area contributed by atoms with E-state index in [0.717, 1.165) is 23.0 Å². The van der Waals surface area contributed by atoms with Crippen LogP contribution in [0.3, 0.4) is 0 Å². The minimum atomic E-state index is -0.362. The number of hydrogen-bond donors (Lipinski definition) is 0. The Kier molecular flexibility index (Phi) is 3.22. The molecule has 0 N–H and O–H groups in total. The third-order valence-electron chi connectivity index (χ3n) is 3.78. The van der Waals surface area contributed by atoms with Gasteiger partial charge >= 0.3 is 0 Å². The van der Waals surface area contributed by atoms with Crippen LogP contribution in [0.1, 0.15) is 19.4 Å². The lowest BCUT2D eigenvalue weighted by Crippen LogP contribution is -1.93. The second kappa shape index (κ2) is 5.05. The number of nitro groups is 1. The number of fused-ring (bicyclic) bond motifs is 3. The summed E-state index contributed by atoms with van der Waals surface area (Å²) >= 11 is 0. The molecule has 3 aromatic rings. The summed E-state index contributed by atoms with van der Waals surface area (Å²) in [4.78, 5) is 10.4. The molecule has 0 unspecified atom stereocenters. The van der Waals surface area contributed by atoms with Gasteiger partial charge in [0, 0.05) is 41.4 Å². The molecular formula is C17H16N2O2. The van der Waals surface area contributed by atoms with Crippen LogP contribution in [0.2, 0.25) is 0 Å². The summed E-state index contributed by atoms with van der Waals surface area (Å²) in [6, 6.07) is 14.3. The molecule has 21 heavy (non-hydrogen) atoms. The molecule has 1 heterocycles. The molecule has 106 valence electrons. The fourth-order valence-corrected chi connectivity index (χ4v) is 2.80. The lowest BCUT2D eigenvalue weighted by molar-refractivity contribution is -0.422. The Bertz CT molecular complexity index is 875. The third kappa shape index (κ3) is 2.18. The predicted octanol–water partition coefficient (Wildman–Crippen LogP) is 4.45. The zero-order valence-corrected chi connectivity index (χ0v) is 12.0. The molecule has 0 aliphatic rings. The van der Waals surface area contributed by atoms with Crippen LogP contribution in [0.25, 0.3) is 27.9 Å². The molecule has 0 aliphatic carbocycles. The number of hydrogen-bond acceptors (Lipinski definition) is 2. The molecule has 1 aromatic heterocycles. The van der Waals surface area contributed by atoms with E-state index in [-0.39, 0.29) is 10.6 Å². The molecular weight excluding hydrogens is 264 g/mol. The van der Waals surface area contributed by atoms with Crippen molar-refractivity contribution >= 4 is 27.9 Å². The van der Waals surface area contributed by atoms with E-state index in [9.17, 15) is 10.1 Å². The second-order valence-corrected chi connectivity index (χ2v) is 5.08. The Morgan fingerprint density at radius 1 is 1.19 bits per heavy atom. The van der Waals surface area contributed by atoms with E-state index in [1.165, 1.54) is 17.8 Å². The Morgan fingerprint density at radius 3 is 2.62 bits per heavy atom. The largest absolute Gasteiger partial charge is 0.341 e. The fourth-order valence-electron chi connectivity index (χ4n) is 2.80. The van der Waals surface area contributed by atoms with Crippen LogP contribution in [0, 0.1) is 10.1 Å². The SMILES string of the molecule is CCn1c2ccccc2c2cc(/C=C(\C)[N+](=O)[O-])ccc21. The number of rotatable bonds is 3. The number of nitrogens with zero attached hydrogens (tertiary/aromatic N) is 2. The molecule has 0 atom stereocenters. The Balaban J connectivity index is 2.29. The van der Waals surface area contributed by atoms with Gasteiger partial charge in [-0.1, -0.05) is 24.3 Å². The summed E-state index contributed by atoms with van der Waals surface area (Å²) in [5.74, 6) is 0. The van der Waals surface area contributed by atoms with Crippen molar-refractivity contribution in [1.29, 1.82) is 0 Å². The van der Waals surface area contributed by atoms with Crippen LogP contribution in [-0.4, -0.2) is 9.49 Å². The fraction of sp³-hybridized carbons (Fsp3) is 0.176. The quantitative estimate of drug-likeness (QED) is 0.525. The van der Waals surface area contributed by atoms with Crippen molar-refractivity contribution in [3.63, 3.8) is 0 Å². The first-order valence-electron chi connectivity index (χ1n) is 6.95. The monoisotopic (exact) mass is 280 g/mol. The van der Waals surface area contributed by atoms with Gasteiger partial charge in [0.15, 0.2) is 0 Å². The van der Waals surface area contributed by atoms with Gasteiger partial charge in [0.05, 0.1) is 4.92 Å². The van der Waals surface area contributed by atoms with Gasteiger partial charge in [0.25, 0.3) is 0 Å². The molecule has 0 bridgehead atoms. The Hall–Kier alpha value is -2.62. The number of allylic oxidation sites excluding steroid dienone is 1.